The lowest BCUT2D eigenvalue weighted by molar-refractivity contribution is -0.0472. The molecular weight excluding hydrogens is 214 g/mol. The molecular formula is C14H13NO2. The van der Waals surface area contributed by atoms with Gasteiger partial charge in [-0.1, -0.05) is 36.4 Å². The Morgan fingerprint density at radius 3 is 2.41 bits per heavy atom. The maximum absolute atomic E-state index is 5.45. The minimum absolute atomic E-state index is 0.307. The van der Waals surface area contributed by atoms with Crippen molar-refractivity contribution in [3.05, 3.63) is 54.2 Å². The summed E-state index contributed by atoms with van der Waals surface area (Å²) >= 11 is 0. The maximum atomic E-state index is 5.45. The van der Waals surface area contributed by atoms with Crippen LogP contribution in [0.3, 0.4) is 0 Å². The molecule has 0 radical (unpaired) electrons. The van der Waals surface area contributed by atoms with E-state index in [1.165, 1.54) is 0 Å². The molecule has 0 amide bonds. The van der Waals surface area contributed by atoms with Crippen molar-refractivity contribution in [2.45, 2.75) is 6.29 Å². The number of hydrogen-bond acceptors (Lipinski definition) is 3. The highest BCUT2D eigenvalue weighted by Crippen LogP contribution is 2.24. The lowest BCUT2D eigenvalue weighted by Gasteiger charge is -2.09. The minimum Gasteiger partial charge on any atom is -0.345 e. The Balaban J connectivity index is 1.94. The van der Waals surface area contributed by atoms with Crippen LogP contribution in [0, 0.1) is 0 Å². The van der Waals surface area contributed by atoms with Crippen LogP contribution in [0.4, 0.5) is 0 Å². The quantitative estimate of drug-likeness (QED) is 0.790. The Bertz CT molecular complexity index is 493. The van der Waals surface area contributed by atoms with Crippen molar-refractivity contribution < 1.29 is 9.47 Å². The Morgan fingerprint density at radius 1 is 0.882 bits per heavy atom. The molecule has 0 aliphatic carbocycles. The van der Waals surface area contributed by atoms with E-state index < -0.39 is 0 Å². The summed E-state index contributed by atoms with van der Waals surface area (Å²) in [5, 5.41) is 0. The summed E-state index contributed by atoms with van der Waals surface area (Å²) < 4.78 is 10.9. The molecule has 86 valence electrons. The van der Waals surface area contributed by atoms with E-state index in [1.807, 2.05) is 48.5 Å². The molecule has 1 aromatic carbocycles. The molecule has 1 aromatic heterocycles. The van der Waals surface area contributed by atoms with E-state index >= 15 is 0 Å². The van der Waals surface area contributed by atoms with Crippen LogP contribution in [-0.4, -0.2) is 18.2 Å². The van der Waals surface area contributed by atoms with Gasteiger partial charge in [0.1, 0.15) is 0 Å². The van der Waals surface area contributed by atoms with Gasteiger partial charge in [-0.2, -0.15) is 0 Å². The number of rotatable bonds is 2. The fourth-order valence-electron chi connectivity index (χ4n) is 1.88. The van der Waals surface area contributed by atoms with E-state index in [0.717, 1.165) is 17.0 Å². The summed E-state index contributed by atoms with van der Waals surface area (Å²) in [6.45, 7) is 1.28. The largest absolute Gasteiger partial charge is 0.345 e. The average Bonchev–Trinajstić information content (AvgIpc) is 2.94. The molecule has 1 fully saturated rings. The topological polar surface area (TPSA) is 31.4 Å². The second-order valence-electron chi connectivity index (χ2n) is 3.89. The smallest absolute Gasteiger partial charge is 0.201 e. The third-order valence-electron chi connectivity index (χ3n) is 2.70. The van der Waals surface area contributed by atoms with Crippen molar-refractivity contribution in [3.63, 3.8) is 0 Å². The van der Waals surface area contributed by atoms with E-state index in [2.05, 4.69) is 4.98 Å². The van der Waals surface area contributed by atoms with Gasteiger partial charge in [-0.05, 0) is 12.1 Å². The Morgan fingerprint density at radius 2 is 1.65 bits per heavy atom. The van der Waals surface area contributed by atoms with Crippen LogP contribution in [0.1, 0.15) is 12.0 Å². The third kappa shape index (κ3) is 2.20. The number of pyridine rings is 1. The predicted molar refractivity (Wildman–Crippen MR) is 64.3 cm³/mol. The maximum Gasteiger partial charge on any atom is 0.201 e. The van der Waals surface area contributed by atoms with E-state index in [9.17, 15) is 0 Å². The first-order valence-corrected chi connectivity index (χ1v) is 5.69. The summed E-state index contributed by atoms with van der Waals surface area (Å²) in [5.41, 5.74) is 2.89. The molecule has 2 aromatic rings. The molecule has 1 aliphatic heterocycles. The molecule has 17 heavy (non-hydrogen) atoms. The van der Waals surface area contributed by atoms with Crippen LogP contribution < -0.4 is 0 Å². The second-order valence-corrected chi connectivity index (χ2v) is 3.89. The Kier molecular flexibility index (Phi) is 2.86. The highest BCUT2D eigenvalue weighted by Gasteiger charge is 2.19. The molecule has 0 unspecified atom stereocenters. The van der Waals surface area contributed by atoms with Crippen molar-refractivity contribution in [1.29, 1.82) is 0 Å². The van der Waals surface area contributed by atoms with Gasteiger partial charge in [0.2, 0.25) is 6.29 Å². The molecule has 3 heteroatoms. The van der Waals surface area contributed by atoms with Crippen LogP contribution in [0.25, 0.3) is 11.3 Å². The summed E-state index contributed by atoms with van der Waals surface area (Å²) in [7, 11) is 0. The summed E-state index contributed by atoms with van der Waals surface area (Å²) in [6, 6.07) is 16.0. The normalized spacial score (nSPS) is 16.2. The van der Waals surface area contributed by atoms with Gasteiger partial charge in [0.15, 0.2) is 0 Å². The van der Waals surface area contributed by atoms with E-state index in [-0.39, 0.29) is 6.29 Å². The van der Waals surface area contributed by atoms with Gasteiger partial charge in [-0.3, -0.25) is 0 Å². The summed E-state index contributed by atoms with van der Waals surface area (Å²) in [4.78, 5) is 4.58. The zero-order chi connectivity index (χ0) is 11.5. The third-order valence-corrected chi connectivity index (χ3v) is 2.70. The minimum atomic E-state index is -0.307. The van der Waals surface area contributed by atoms with Gasteiger partial charge in [-0.25, -0.2) is 4.98 Å². The van der Waals surface area contributed by atoms with Crippen molar-refractivity contribution in [2.24, 2.45) is 0 Å². The lowest BCUT2D eigenvalue weighted by Crippen LogP contribution is -2.01. The molecule has 0 saturated carbocycles. The van der Waals surface area contributed by atoms with Crippen molar-refractivity contribution in [3.8, 4) is 11.3 Å². The number of aromatic nitrogens is 1. The van der Waals surface area contributed by atoms with Crippen molar-refractivity contribution in [2.75, 3.05) is 13.2 Å². The molecule has 0 atom stereocenters. The highest BCUT2D eigenvalue weighted by molar-refractivity contribution is 5.58. The Hall–Kier alpha value is -1.71. The average molecular weight is 227 g/mol. The van der Waals surface area contributed by atoms with Gasteiger partial charge in [0, 0.05) is 5.56 Å². The monoisotopic (exact) mass is 227 g/mol. The van der Waals surface area contributed by atoms with Gasteiger partial charge in [0.05, 0.1) is 24.6 Å². The molecule has 2 heterocycles. The number of ether oxygens (including phenoxy) is 2. The summed E-state index contributed by atoms with van der Waals surface area (Å²) in [5.74, 6) is 0. The Labute approximate surface area is 100 Å². The molecule has 1 saturated heterocycles. The van der Waals surface area contributed by atoms with E-state index in [4.69, 9.17) is 9.47 Å². The highest BCUT2D eigenvalue weighted by atomic mass is 16.7. The van der Waals surface area contributed by atoms with Crippen LogP contribution >= 0.6 is 0 Å². The van der Waals surface area contributed by atoms with Crippen LogP contribution in [0.2, 0.25) is 0 Å². The molecule has 1 aliphatic rings. The number of nitrogens with zero attached hydrogens (tertiary/aromatic N) is 1. The molecule has 3 rings (SSSR count). The van der Waals surface area contributed by atoms with Gasteiger partial charge in [0.25, 0.3) is 0 Å². The molecule has 0 bridgehead atoms. The lowest BCUT2D eigenvalue weighted by atomic mass is 10.1. The first-order valence-electron chi connectivity index (χ1n) is 5.69. The second kappa shape index (κ2) is 4.65. The van der Waals surface area contributed by atoms with Crippen molar-refractivity contribution in [1.82, 2.24) is 4.98 Å². The summed E-state index contributed by atoms with van der Waals surface area (Å²) in [6.07, 6.45) is -0.307. The van der Waals surface area contributed by atoms with Gasteiger partial charge in [-0.15, -0.1) is 0 Å². The fraction of sp³-hybridized carbons (Fsp3) is 0.214. The van der Waals surface area contributed by atoms with Crippen LogP contribution in [-0.2, 0) is 9.47 Å². The number of hydrogen-bond donors (Lipinski definition) is 0. The standard InChI is InChI=1S/C14H13NO2/c1-2-5-11(6-3-1)12-7-4-8-13(15-12)14-16-9-10-17-14/h1-8,14H,9-10H2. The molecule has 0 spiro atoms. The van der Waals surface area contributed by atoms with Gasteiger partial charge >= 0.3 is 0 Å². The molecule has 0 N–H and O–H groups in total. The van der Waals surface area contributed by atoms with Gasteiger partial charge < -0.3 is 9.47 Å². The first kappa shape index (κ1) is 10.4. The zero-order valence-corrected chi connectivity index (χ0v) is 9.37. The van der Waals surface area contributed by atoms with E-state index in [1.54, 1.807) is 0 Å². The zero-order valence-electron chi connectivity index (χ0n) is 9.37. The van der Waals surface area contributed by atoms with E-state index in [0.29, 0.717) is 13.2 Å². The van der Waals surface area contributed by atoms with Crippen LogP contribution in [0.15, 0.2) is 48.5 Å². The van der Waals surface area contributed by atoms with Crippen LogP contribution in [0.5, 0.6) is 0 Å². The number of benzene rings is 1. The molecule has 3 nitrogen and oxygen atoms in total. The first-order chi connectivity index (χ1) is 8.43. The fourth-order valence-corrected chi connectivity index (χ4v) is 1.88. The van der Waals surface area contributed by atoms with Crippen molar-refractivity contribution >= 4 is 0 Å². The SMILES string of the molecule is c1ccc(-c2cccc(C3OCCO3)n2)cc1. The predicted octanol–water partition coefficient (Wildman–Crippen LogP) is 2.79.